The zero-order valence-electron chi connectivity index (χ0n) is 12.0. The van der Waals surface area contributed by atoms with E-state index in [0.717, 1.165) is 0 Å². The van der Waals surface area contributed by atoms with Gasteiger partial charge in [0.1, 0.15) is 16.3 Å². The normalized spacial score (nSPS) is 10.1. The van der Waals surface area contributed by atoms with Crippen LogP contribution in [0.25, 0.3) is 0 Å². The molecule has 0 spiro atoms. The Bertz CT molecular complexity index is 561. The van der Waals surface area contributed by atoms with E-state index in [0.29, 0.717) is 25.7 Å². The molecular weight excluding hydrogens is 314 g/mol. The SMILES string of the molecule is CCOC(=O)CCCCOc1ccc(Cl)c([N+](=O)[O-])c1C=O. The van der Waals surface area contributed by atoms with Gasteiger partial charge in [0.25, 0.3) is 0 Å². The fraction of sp³-hybridized carbons (Fsp3) is 0.429. The van der Waals surface area contributed by atoms with Crippen molar-refractivity contribution in [3.63, 3.8) is 0 Å². The van der Waals surface area contributed by atoms with Crippen LogP contribution in [0.2, 0.25) is 5.02 Å². The van der Waals surface area contributed by atoms with Crippen LogP contribution >= 0.6 is 11.6 Å². The van der Waals surface area contributed by atoms with Crippen molar-refractivity contribution in [1.82, 2.24) is 0 Å². The van der Waals surface area contributed by atoms with E-state index in [1.54, 1.807) is 6.92 Å². The van der Waals surface area contributed by atoms with Crippen molar-refractivity contribution in [2.24, 2.45) is 0 Å². The first-order chi connectivity index (χ1) is 10.5. The molecule has 0 saturated carbocycles. The fourth-order valence-electron chi connectivity index (χ4n) is 1.77. The summed E-state index contributed by atoms with van der Waals surface area (Å²) in [7, 11) is 0. The molecule has 0 amide bonds. The van der Waals surface area contributed by atoms with Gasteiger partial charge in [-0.1, -0.05) is 11.6 Å². The average Bonchev–Trinajstić information content (AvgIpc) is 2.47. The van der Waals surface area contributed by atoms with E-state index in [9.17, 15) is 19.7 Å². The molecule has 0 fully saturated rings. The fourth-order valence-corrected chi connectivity index (χ4v) is 2.01. The maximum Gasteiger partial charge on any atom is 0.305 e. The standard InChI is InChI=1S/C14H16ClNO6/c1-2-21-13(18)5-3-4-8-22-12-7-6-11(15)14(16(19)20)10(12)9-17/h6-7,9H,2-5,8H2,1H3. The van der Waals surface area contributed by atoms with E-state index in [1.807, 2.05) is 0 Å². The van der Waals surface area contributed by atoms with Gasteiger partial charge in [-0.25, -0.2) is 0 Å². The van der Waals surface area contributed by atoms with Crippen LogP contribution in [0.3, 0.4) is 0 Å². The molecule has 0 saturated heterocycles. The lowest BCUT2D eigenvalue weighted by Crippen LogP contribution is -2.06. The Morgan fingerprint density at radius 2 is 2.14 bits per heavy atom. The molecule has 0 aliphatic rings. The summed E-state index contributed by atoms with van der Waals surface area (Å²) in [6.07, 6.45) is 1.73. The van der Waals surface area contributed by atoms with Gasteiger partial charge in [-0.15, -0.1) is 0 Å². The highest BCUT2D eigenvalue weighted by atomic mass is 35.5. The Balaban J connectivity index is 2.60. The Labute approximate surface area is 132 Å². The molecule has 1 aromatic carbocycles. The van der Waals surface area contributed by atoms with Gasteiger partial charge in [-0.3, -0.25) is 19.7 Å². The van der Waals surface area contributed by atoms with Crippen LogP contribution in [0, 0.1) is 10.1 Å². The van der Waals surface area contributed by atoms with Crippen LogP contribution in [0.1, 0.15) is 36.5 Å². The van der Waals surface area contributed by atoms with Gasteiger partial charge in [0, 0.05) is 6.42 Å². The van der Waals surface area contributed by atoms with Crippen LogP contribution < -0.4 is 4.74 Å². The van der Waals surface area contributed by atoms with Crippen molar-refractivity contribution in [2.45, 2.75) is 26.2 Å². The summed E-state index contributed by atoms with van der Waals surface area (Å²) in [5.74, 6) is -0.180. The number of halogens is 1. The zero-order chi connectivity index (χ0) is 16.5. The Kier molecular flexibility index (Phi) is 7.31. The van der Waals surface area contributed by atoms with E-state index in [1.165, 1.54) is 12.1 Å². The van der Waals surface area contributed by atoms with Gasteiger partial charge < -0.3 is 9.47 Å². The lowest BCUT2D eigenvalue weighted by molar-refractivity contribution is -0.385. The average molecular weight is 330 g/mol. The minimum atomic E-state index is -0.723. The Morgan fingerprint density at radius 3 is 2.73 bits per heavy atom. The van der Waals surface area contributed by atoms with Gasteiger partial charge in [0.2, 0.25) is 0 Å². The third-order valence-electron chi connectivity index (χ3n) is 2.77. The zero-order valence-corrected chi connectivity index (χ0v) is 12.8. The molecule has 7 nitrogen and oxygen atoms in total. The number of rotatable bonds is 9. The summed E-state index contributed by atoms with van der Waals surface area (Å²) in [6.45, 7) is 2.29. The number of hydrogen-bond acceptors (Lipinski definition) is 6. The summed E-state index contributed by atoms with van der Waals surface area (Å²) in [4.78, 5) is 32.4. The van der Waals surface area contributed by atoms with Crippen LogP contribution in [0.4, 0.5) is 5.69 Å². The maximum atomic E-state index is 11.1. The number of unbranched alkanes of at least 4 members (excludes halogenated alkanes) is 1. The molecular formula is C14H16ClNO6. The number of carbonyl (C=O) groups is 2. The number of carbonyl (C=O) groups excluding carboxylic acids is 2. The molecule has 0 N–H and O–H groups in total. The van der Waals surface area contributed by atoms with Crippen LogP contribution in [0.5, 0.6) is 5.75 Å². The van der Waals surface area contributed by atoms with Crippen LogP contribution in [-0.4, -0.2) is 30.4 Å². The Hall–Kier alpha value is -2.15. The van der Waals surface area contributed by atoms with E-state index in [-0.39, 0.29) is 35.3 Å². The first-order valence-electron chi connectivity index (χ1n) is 6.71. The maximum absolute atomic E-state index is 11.1. The lowest BCUT2D eigenvalue weighted by atomic mass is 10.1. The lowest BCUT2D eigenvalue weighted by Gasteiger charge is -2.09. The van der Waals surface area contributed by atoms with Crippen LogP contribution in [0.15, 0.2) is 12.1 Å². The molecule has 0 aliphatic carbocycles. The van der Waals surface area contributed by atoms with E-state index < -0.39 is 10.6 Å². The number of nitrogens with zero attached hydrogens (tertiary/aromatic N) is 1. The predicted molar refractivity (Wildman–Crippen MR) is 79.5 cm³/mol. The van der Waals surface area contributed by atoms with Crippen molar-refractivity contribution in [1.29, 1.82) is 0 Å². The number of hydrogen-bond donors (Lipinski definition) is 0. The molecule has 8 heteroatoms. The summed E-state index contributed by atoms with van der Waals surface area (Å²) in [6, 6.07) is 2.71. The van der Waals surface area contributed by atoms with Crippen molar-refractivity contribution in [3.8, 4) is 5.75 Å². The van der Waals surface area contributed by atoms with Crippen molar-refractivity contribution in [2.75, 3.05) is 13.2 Å². The van der Waals surface area contributed by atoms with Gasteiger partial charge >= 0.3 is 11.7 Å². The van der Waals surface area contributed by atoms with Gasteiger partial charge in [-0.2, -0.15) is 0 Å². The molecule has 0 heterocycles. The monoisotopic (exact) mass is 329 g/mol. The third-order valence-corrected chi connectivity index (χ3v) is 3.07. The molecule has 1 aromatic rings. The summed E-state index contributed by atoms with van der Waals surface area (Å²) >= 11 is 5.72. The van der Waals surface area contributed by atoms with E-state index >= 15 is 0 Å². The molecule has 0 aliphatic heterocycles. The van der Waals surface area contributed by atoms with Gasteiger partial charge in [0.05, 0.1) is 18.1 Å². The number of esters is 1. The highest BCUT2D eigenvalue weighted by Gasteiger charge is 2.22. The topological polar surface area (TPSA) is 95.7 Å². The third kappa shape index (κ3) is 5.00. The highest BCUT2D eigenvalue weighted by Crippen LogP contribution is 2.33. The molecule has 22 heavy (non-hydrogen) atoms. The summed E-state index contributed by atoms with van der Waals surface area (Å²) in [5, 5.41) is 10.8. The predicted octanol–water partition coefficient (Wildman–Crippen LogP) is 3.17. The molecule has 0 atom stereocenters. The second-order valence-corrected chi connectivity index (χ2v) is 4.70. The number of benzene rings is 1. The van der Waals surface area contributed by atoms with Gasteiger partial charge in [-0.05, 0) is 31.9 Å². The summed E-state index contributed by atoms with van der Waals surface area (Å²) in [5.41, 5.74) is -0.663. The first kappa shape index (κ1) is 17.9. The Morgan fingerprint density at radius 1 is 1.41 bits per heavy atom. The van der Waals surface area contributed by atoms with Crippen molar-refractivity contribution >= 4 is 29.5 Å². The molecule has 0 bridgehead atoms. The molecule has 0 aromatic heterocycles. The minimum absolute atomic E-state index is 0.0993. The van der Waals surface area contributed by atoms with Gasteiger partial charge in [0.15, 0.2) is 6.29 Å². The second-order valence-electron chi connectivity index (χ2n) is 4.29. The van der Waals surface area contributed by atoms with Crippen molar-refractivity contribution in [3.05, 3.63) is 32.8 Å². The number of ether oxygens (including phenoxy) is 2. The second kappa shape index (κ2) is 8.99. The number of aldehydes is 1. The minimum Gasteiger partial charge on any atom is -0.493 e. The smallest absolute Gasteiger partial charge is 0.305 e. The molecule has 1 rings (SSSR count). The molecule has 120 valence electrons. The van der Waals surface area contributed by atoms with E-state index in [2.05, 4.69) is 0 Å². The molecule has 0 radical (unpaired) electrons. The van der Waals surface area contributed by atoms with Crippen LogP contribution in [-0.2, 0) is 9.53 Å². The van der Waals surface area contributed by atoms with Crippen molar-refractivity contribution < 1.29 is 24.0 Å². The first-order valence-corrected chi connectivity index (χ1v) is 7.09. The summed E-state index contributed by atoms with van der Waals surface area (Å²) < 4.78 is 10.2. The largest absolute Gasteiger partial charge is 0.493 e. The highest BCUT2D eigenvalue weighted by molar-refractivity contribution is 6.33. The quantitative estimate of drug-likeness (QED) is 0.227. The molecule has 0 unspecified atom stereocenters. The van der Waals surface area contributed by atoms with E-state index in [4.69, 9.17) is 21.1 Å². The number of nitro benzene ring substituents is 1. The number of nitro groups is 1.